The Morgan fingerprint density at radius 2 is 1.72 bits per heavy atom. The number of anilines is 2. The van der Waals surface area contributed by atoms with E-state index in [1.807, 2.05) is 36.4 Å². The van der Waals surface area contributed by atoms with Crippen LogP contribution in [0.3, 0.4) is 0 Å². The highest BCUT2D eigenvalue weighted by Crippen LogP contribution is 2.30. The lowest BCUT2D eigenvalue weighted by molar-refractivity contribution is -0.116. The fourth-order valence-electron chi connectivity index (χ4n) is 2.85. The topological polar surface area (TPSA) is 67.8 Å². The van der Waals surface area contributed by atoms with E-state index in [4.69, 9.17) is 0 Å². The number of nitrogens with one attached hydrogen (secondary N) is 1. The van der Waals surface area contributed by atoms with Gasteiger partial charge in [0.15, 0.2) is 0 Å². The van der Waals surface area contributed by atoms with Crippen molar-refractivity contribution >= 4 is 28.6 Å². The second-order valence-electron chi connectivity index (χ2n) is 6.49. The number of Topliss-reactive ketones (excluding diaryl/α,β-unsaturated/α-hetero) is 1. The van der Waals surface area contributed by atoms with Crippen LogP contribution >= 0.6 is 11.3 Å². The number of aromatic nitrogens is 3. The minimum atomic E-state index is -0.272. The first-order valence-corrected chi connectivity index (χ1v) is 9.80. The molecule has 0 amide bonds. The lowest BCUT2D eigenvalue weighted by Gasteiger charge is -2.11. The fourth-order valence-corrected chi connectivity index (χ4v) is 3.77. The quantitative estimate of drug-likeness (QED) is 0.473. The predicted octanol–water partition coefficient (Wildman–Crippen LogP) is 5.28. The van der Waals surface area contributed by atoms with E-state index >= 15 is 0 Å². The van der Waals surface area contributed by atoms with E-state index in [0.717, 1.165) is 27.4 Å². The number of carbonyl (C=O) groups excluding carboxylic acids is 1. The predicted molar refractivity (Wildman–Crippen MR) is 113 cm³/mol. The highest BCUT2D eigenvalue weighted by molar-refractivity contribution is 7.14. The molecule has 0 bridgehead atoms. The van der Waals surface area contributed by atoms with Gasteiger partial charge in [-0.3, -0.25) is 4.79 Å². The SMILES string of the molecule is CC(=O)Cc1nnc(-c2ccc(Nc3ncccc3-c3ccc(F)cc3)cc2)s1. The lowest BCUT2D eigenvalue weighted by Crippen LogP contribution is -1.96. The Balaban J connectivity index is 1.55. The van der Waals surface area contributed by atoms with Gasteiger partial charge in [0.2, 0.25) is 0 Å². The summed E-state index contributed by atoms with van der Waals surface area (Å²) in [6, 6.07) is 17.9. The summed E-state index contributed by atoms with van der Waals surface area (Å²) in [5.74, 6) is 0.483. The zero-order valence-electron chi connectivity index (χ0n) is 15.6. The Kier molecular flexibility index (Phi) is 5.39. The van der Waals surface area contributed by atoms with Gasteiger partial charge >= 0.3 is 0 Å². The van der Waals surface area contributed by atoms with Crippen molar-refractivity contribution in [2.45, 2.75) is 13.3 Å². The van der Waals surface area contributed by atoms with E-state index in [2.05, 4.69) is 20.5 Å². The summed E-state index contributed by atoms with van der Waals surface area (Å²) >= 11 is 1.42. The van der Waals surface area contributed by atoms with E-state index in [1.165, 1.54) is 23.5 Å². The molecule has 144 valence electrons. The van der Waals surface area contributed by atoms with Gasteiger partial charge in [-0.2, -0.15) is 0 Å². The van der Waals surface area contributed by atoms with E-state index in [9.17, 15) is 9.18 Å². The maximum absolute atomic E-state index is 13.2. The van der Waals surface area contributed by atoms with Gasteiger partial charge in [0.05, 0.1) is 6.42 Å². The van der Waals surface area contributed by atoms with Gasteiger partial charge in [-0.05, 0) is 61.0 Å². The van der Waals surface area contributed by atoms with E-state index < -0.39 is 0 Å². The molecule has 0 aliphatic rings. The van der Waals surface area contributed by atoms with Crippen molar-refractivity contribution in [3.8, 4) is 21.7 Å². The van der Waals surface area contributed by atoms with Crippen LogP contribution in [0.5, 0.6) is 0 Å². The number of nitrogens with zero attached hydrogens (tertiary/aromatic N) is 3. The second-order valence-corrected chi connectivity index (χ2v) is 7.55. The molecular formula is C22H17FN4OS. The van der Waals surface area contributed by atoms with Gasteiger partial charge in [-0.1, -0.05) is 23.5 Å². The number of ketones is 1. The number of hydrogen-bond donors (Lipinski definition) is 1. The van der Waals surface area contributed by atoms with E-state index in [-0.39, 0.29) is 11.6 Å². The number of halogens is 1. The van der Waals surface area contributed by atoms with E-state index in [1.54, 1.807) is 25.3 Å². The lowest BCUT2D eigenvalue weighted by atomic mass is 10.1. The Labute approximate surface area is 171 Å². The van der Waals surface area contributed by atoms with Gasteiger partial charge in [-0.15, -0.1) is 10.2 Å². The van der Waals surface area contributed by atoms with Gasteiger partial charge in [-0.25, -0.2) is 9.37 Å². The Hall–Kier alpha value is -3.45. The summed E-state index contributed by atoms with van der Waals surface area (Å²) in [5, 5.41) is 13.0. The molecule has 0 aliphatic carbocycles. The molecule has 0 unspecified atom stereocenters. The first kappa shape index (κ1) is 18.9. The Morgan fingerprint density at radius 3 is 2.45 bits per heavy atom. The molecular weight excluding hydrogens is 387 g/mol. The average molecular weight is 404 g/mol. The molecule has 0 saturated carbocycles. The standard InChI is InChI=1S/C22H17FN4OS/c1-14(28)13-20-26-27-22(29-20)16-6-10-18(11-7-16)25-21-19(3-2-12-24-21)15-4-8-17(23)9-5-15/h2-12H,13H2,1H3,(H,24,25). The van der Waals surface area contributed by atoms with Crippen molar-refractivity contribution in [3.05, 3.63) is 77.7 Å². The molecule has 2 aromatic carbocycles. The van der Waals surface area contributed by atoms with Crippen molar-refractivity contribution in [1.29, 1.82) is 0 Å². The van der Waals surface area contributed by atoms with Gasteiger partial charge < -0.3 is 5.32 Å². The third-order valence-corrected chi connectivity index (χ3v) is 5.20. The van der Waals surface area contributed by atoms with Crippen molar-refractivity contribution in [3.63, 3.8) is 0 Å². The van der Waals surface area contributed by atoms with Gasteiger partial charge in [0.1, 0.15) is 27.4 Å². The van der Waals surface area contributed by atoms with Crippen molar-refractivity contribution in [1.82, 2.24) is 15.2 Å². The summed E-state index contributed by atoms with van der Waals surface area (Å²) in [7, 11) is 0. The third-order valence-electron chi connectivity index (χ3n) is 4.22. The molecule has 4 rings (SSSR count). The second kappa shape index (κ2) is 8.28. The summed E-state index contributed by atoms with van der Waals surface area (Å²) < 4.78 is 13.2. The van der Waals surface area contributed by atoms with Crippen LogP contribution in [0.1, 0.15) is 11.9 Å². The third kappa shape index (κ3) is 4.52. The van der Waals surface area contributed by atoms with Crippen molar-refractivity contribution in [2.24, 2.45) is 0 Å². The molecule has 4 aromatic rings. The monoisotopic (exact) mass is 404 g/mol. The molecule has 7 heteroatoms. The van der Waals surface area contributed by atoms with Crippen LogP contribution in [-0.2, 0) is 11.2 Å². The van der Waals surface area contributed by atoms with Crippen LogP contribution < -0.4 is 5.32 Å². The van der Waals surface area contributed by atoms with Gasteiger partial charge in [0, 0.05) is 23.0 Å². The first-order chi connectivity index (χ1) is 14.1. The van der Waals surface area contributed by atoms with Gasteiger partial charge in [0.25, 0.3) is 0 Å². The summed E-state index contributed by atoms with van der Waals surface area (Å²) in [6.45, 7) is 1.54. The normalized spacial score (nSPS) is 10.7. The Bertz CT molecular complexity index is 1140. The van der Waals surface area contributed by atoms with E-state index in [0.29, 0.717) is 17.2 Å². The molecule has 0 spiro atoms. The molecule has 1 N–H and O–H groups in total. The fraction of sp³-hybridized carbons (Fsp3) is 0.0909. The molecule has 2 heterocycles. The van der Waals surface area contributed by atoms with Crippen molar-refractivity contribution in [2.75, 3.05) is 5.32 Å². The highest BCUT2D eigenvalue weighted by atomic mass is 32.1. The average Bonchev–Trinajstić information content (AvgIpc) is 3.17. The summed E-state index contributed by atoms with van der Waals surface area (Å²) in [4.78, 5) is 15.7. The molecule has 0 aliphatic heterocycles. The minimum Gasteiger partial charge on any atom is -0.340 e. The molecule has 29 heavy (non-hydrogen) atoms. The molecule has 2 aromatic heterocycles. The minimum absolute atomic E-state index is 0.0690. The molecule has 0 radical (unpaired) electrons. The molecule has 0 fully saturated rings. The van der Waals surface area contributed by atoms with Crippen LogP contribution in [0, 0.1) is 5.82 Å². The number of hydrogen-bond acceptors (Lipinski definition) is 6. The molecule has 0 saturated heterocycles. The maximum atomic E-state index is 13.2. The molecule has 5 nitrogen and oxygen atoms in total. The smallest absolute Gasteiger partial charge is 0.147 e. The number of carbonyl (C=O) groups is 1. The first-order valence-electron chi connectivity index (χ1n) is 8.99. The largest absolute Gasteiger partial charge is 0.340 e. The van der Waals surface area contributed by atoms with Crippen LogP contribution in [-0.4, -0.2) is 21.0 Å². The number of benzene rings is 2. The zero-order valence-corrected chi connectivity index (χ0v) is 16.4. The van der Waals surface area contributed by atoms with Crippen LogP contribution in [0.2, 0.25) is 0 Å². The van der Waals surface area contributed by atoms with Crippen molar-refractivity contribution < 1.29 is 9.18 Å². The summed E-state index contributed by atoms with van der Waals surface area (Å²) in [6.07, 6.45) is 2.02. The Morgan fingerprint density at radius 1 is 1.00 bits per heavy atom. The number of rotatable bonds is 6. The number of pyridine rings is 1. The van der Waals surface area contributed by atoms with Crippen LogP contribution in [0.4, 0.5) is 15.9 Å². The molecule has 0 atom stereocenters. The van der Waals surface area contributed by atoms with Crippen LogP contribution in [0.15, 0.2) is 66.9 Å². The maximum Gasteiger partial charge on any atom is 0.147 e. The summed E-state index contributed by atoms with van der Waals surface area (Å²) in [5.41, 5.74) is 3.56. The highest BCUT2D eigenvalue weighted by Gasteiger charge is 2.10. The zero-order chi connectivity index (χ0) is 20.2. The van der Waals surface area contributed by atoms with Crippen LogP contribution in [0.25, 0.3) is 21.7 Å².